The number of hydrogen-bond donors (Lipinski definition) is 0. The molecular formula is C23H26N4. The normalized spacial score (nSPS) is 13.3. The summed E-state index contributed by atoms with van der Waals surface area (Å²) in [6, 6.07) is 8.96. The van der Waals surface area contributed by atoms with E-state index in [1.807, 2.05) is 0 Å². The molecule has 2 heterocycles. The molecule has 0 spiro atoms. The maximum absolute atomic E-state index is 4.70. The Labute approximate surface area is 161 Å². The van der Waals surface area contributed by atoms with Gasteiger partial charge in [0, 0.05) is 12.4 Å². The van der Waals surface area contributed by atoms with E-state index in [-0.39, 0.29) is 0 Å². The summed E-state index contributed by atoms with van der Waals surface area (Å²) >= 11 is 0. The molecule has 27 heavy (non-hydrogen) atoms. The Hall–Kier alpha value is -2.88. The highest BCUT2D eigenvalue weighted by atomic mass is 15.4. The molecular weight excluding hydrogens is 332 g/mol. The highest BCUT2D eigenvalue weighted by Crippen LogP contribution is 2.45. The number of anilines is 4. The number of fused-ring (bicyclic) bond motifs is 1. The van der Waals surface area contributed by atoms with Crippen molar-refractivity contribution in [3.63, 3.8) is 0 Å². The summed E-state index contributed by atoms with van der Waals surface area (Å²) in [6.07, 6.45) is 3.56. The van der Waals surface area contributed by atoms with Crippen LogP contribution in [0.15, 0.2) is 36.7 Å². The third kappa shape index (κ3) is 2.85. The zero-order valence-corrected chi connectivity index (χ0v) is 17.0. The van der Waals surface area contributed by atoms with Crippen molar-refractivity contribution in [2.45, 2.75) is 41.5 Å². The fourth-order valence-electron chi connectivity index (χ4n) is 4.53. The van der Waals surface area contributed by atoms with Crippen LogP contribution >= 0.6 is 0 Å². The minimum atomic E-state index is 0.717. The molecule has 1 aliphatic rings. The van der Waals surface area contributed by atoms with E-state index in [1.165, 1.54) is 44.8 Å². The van der Waals surface area contributed by atoms with E-state index in [0.29, 0.717) is 0 Å². The van der Waals surface area contributed by atoms with Gasteiger partial charge in [-0.25, -0.2) is 9.97 Å². The largest absolute Gasteiger partial charge is 0.304 e. The first-order valence-electron chi connectivity index (χ1n) is 9.38. The fraction of sp³-hybridized carbons (Fsp3) is 0.304. The number of rotatable bonds is 2. The van der Waals surface area contributed by atoms with Gasteiger partial charge in [0.05, 0.1) is 11.4 Å². The van der Waals surface area contributed by atoms with Crippen molar-refractivity contribution in [2.24, 2.45) is 0 Å². The average molecular weight is 358 g/mol. The van der Waals surface area contributed by atoms with Crippen LogP contribution in [-0.4, -0.2) is 16.6 Å². The van der Waals surface area contributed by atoms with Crippen LogP contribution in [0.5, 0.6) is 0 Å². The second kappa shape index (κ2) is 6.38. The van der Waals surface area contributed by atoms with Crippen molar-refractivity contribution < 1.29 is 0 Å². The smallest absolute Gasteiger partial charge is 0.178 e. The van der Waals surface area contributed by atoms with Crippen LogP contribution in [0.4, 0.5) is 23.0 Å². The third-order valence-electron chi connectivity index (χ3n) is 5.27. The lowest BCUT2D eigenvalue weighted by Crippen LogP contribution is -2.26. The second-order valence-corrected chi connectivity index (χ2v) is 7.70. The molecule has 0 fully saturated rings. The first kappa shape index (κ1) is 17.5. The summed E-state index contributed by atoms with van der Waals surface area (Å²) in [5, 5.41) is 0. The van der Waals surface area contributed by atoms with Crippen molar-refractivity contribution in [2.75, 3.05) is 16.5 Å². The van der Waals surface area contributed by atoms with E-state index in [0.717, 1.165) is 18.3 Å². The Morgan fingerprint density at radius 3 is 1.26 bits per heavy atom. The Kier molecular flexibility index (Phi) is 4.14. The van der Waals surface area contributed by atoms with E-state index in [9.17, 15) is 0 Å². The molecule has 1 aromatic heterocycles. The van der Waals surface area contributed by atoms with Crippen molar-refractivity contribution in [1.82, 2.24) is 9.97 Å². The number of benzene rings is 2. The summed E-state index contributed by atoms with van der Waals surface area (Å²) < 4.78 is 0. The lowest BCUT2D eigenvalue weighted by Gasteiger charge is -2.26. The van der Waals surface area contributed by atoms with Crippen LogP contribution in [0.3, 0.4) is 0 Å². The van der Waals surface area contributed by atoms with Crippen LogP contribution in [0, 0.1) is 41.5 Å². The number of aromatic nitrogens is 2. The Morgan fingerprint density at radius 1 is 0.593 bits per heavy atom. The van der Waals surface area contributed by atoms with E-state index in [4.69, 9.17) is 9.97 Å². The van der Waals surface area contributed by atoms with Gasteiger partial charge in [-0.15, -0.1) is 0 Å². The number of hydrogen-bond acceptors (Lipinski definition) is 4. The highest BCUT2D eigenvalue weighted by Gasteiger charge is 2.33. The molecule has 0 amide bonds. The maximum atomic E-state index is 4.70. The highest BCUT2D eigenvalue weighted by molar-refractivity contribution is 5.85. The lowest BCUT2D eigenvalue weighted by atomic mass is 10.0. The van der Waals surface area contributed by atoms with Gasteiger partial charge in [-0.05, 0) is 63.8 Å². The van der Waals surface area contributed by atoms with Gasteiger partial charge in [0.15, 0.2) is 11.6 Å². The molecule has 0 N–H and O–H groups in total. The minimum Gasteiger partial charge on any atom is -0.304 e. The molecule has 3 aromatic rings. The van der Waals surface area contributed by atoms with Gasteiger partial charge in [-0.2, -0.15) is 0 Å². The Balaban J connectivity index is 1.89. The predicted molar refractivity (Wildman–Crippen MR) is 112 cm³/mol. The average Bonchev–Trinajstić information content (AvgIpc) is 2.93. The van der Waals surface area contributed by atoms with Gasteiger partial charge in [-0.1, -0.05) is 35.4 Å². The molecule has 1 aliphatic heterocycles. The third-order valence-corrected chi connectivity index (χ3v) is 5.27. The molecule has 0 radical (unpaired) electrons. The van der Waals surface area contributed by atoms with Crippen LogP contribution in [0.25, 0.3) is 0 Å². The fourth-order valence-corrected chi connectivity index (χ4v) is 4.53. The molecule has 4 heteroatoms. The summed E-state index contributed by atoms with van der Waals surface area (Å²) in [5.74, 6) is 1.85. The van der Waals surface area contributed by atoms with Crippen molar-refractivity contribution in [3.05, 3.63) is 70.0 Å². The predicted octanol–water partition coefficient (Wildman–Crippen LogP) is 5.57. The molecule has 4 rings (SSSR count). The van der Waals surface area contributed by atoms with Gasteiger partial charge < -0.3 is 9.80 Å². The van der Waals surface area contributed by atoms with Crippen LogP contribution in [-0.2, 0) is 0 Å². The Morgan fingerprint density at radius 2 is 0.926 bits per heavy atom. The molecule has 0 saturated heterocycles. The van der Waals surface area contributed by atoms with Crippen LogP contribution < -0.4 is 9.80 Å². The molecule has 138 valence electrons. The van der Waals surface area contributed by atoms with Crippen molar-refractivity contribution in [1.29, 1.82) is 0 Å². The first-order valence-corrected chi connectivity index (χ1v) is 9.38. The van der Waals surface area contributed by atoms with Crippen molar-refractivity contribution >= 4 is 23.0 Å². The van der Waals surface area contributed by atoms with E-state index < -0.39 is 0 Å². The van der Waals surface area contributed by atoms with E-state index >= 15 is 0 Å². The quantitative estimate of drug-likeness (QED) is 0.599. The first-order chi connectivity index (χ1) is 12.9. The molecule has 2 aromatic carbocycles. The lowest BCUT2D eigenvalue weighted by molar-refractivity contribution is 0.955. The van der Waals surface area contributed by atoms with Gasteiger partial charge >= 0.3 is 0 Å². The van der Waals surface area contributed by atoms with Gasteiger partial charge in [0.25, 0.3) is 0 Å². The molecule has 0 bridgehead atoms. The van der Waals surface area contributed by atoms with Gasteiger partial charge in [0.1, 0.15) is 6.67 Å². The van der Waals surface area contributed by atoms with Crippen LogP contribution in [0.1, 0.15) is 33.4 Å². The zero-order chi connectivity index (χ0) is 19.3. The van der Waals surface area contributed by atoms with Crippen molar-refractivity contribution in [3.8, 4) is 0 Å². The van der Waals surface area contributed by atoms with Crippen LogP contribution in [0.2, 0.25) is 0 Å². The molecule has 4 nitrogen and oxygen atoms in total. The molecule has 0 unspecified atom stereocenters. The van der Waals surface area contributed by atoms with E-state index in [1.54, 1.807) is 12.4 Å². The number of aryl methyl sites for hydroxylation is 6. The SMILES string of the molecule is Cc1cc(C)c(N2CN(c3c(C)cc(C)cc3C)c3nccnc32)c(C)c1. The summed E-state index contributed by atoms with van der Waals surface area (Å²) in [5.41, 5.74) is 10.1. The summed E-state index contributed by atoms with van der Waals surface area (Å²) in [6.45, 7) is 13.7. The number of nitrogens with zero attached hydrogens (tertiary/aromatic N) is 4. The standard InChI is InChI=1S/C23H26N4/c1-14-9-16(3)20(17(4)10-14)26-13-27(23-22(26)24-7-8-25-23)21-18(5)11-15(2)12-19(21)6/h7-12H,13H2,1-6H3. The van der Waals surface area contributed by atoms with Gasteiger partial charge in [-0.3, -0.25) is 0 Å². The molecule has 0 atom stereocenters. The topological polar surface area (TPSA) is 32.3 Å². The maximum Gasteiger partial charge on any atom is 0.178 e. The Bertz CT molecular complexity index is 910. The summed E-state index contributed by atoms with van der Waals surface area (Å²) in [4.78, 5) is 14.0. The van der Waals surface area contributed by atoms with Gasteiger partial charge in [0.2, 0.25) is 0 Å². The second-order valence-electron chi connectivity index (χ2n) is 7.70. The molecule has 0 aliphatic carbocycles. The zero-order valence-electron chi connectivity index (χ0n) is 17.0. The summed E-state index contributed by atoms with van der Waals surface area (Å²) in [7, 11) is 0. The van der Waals surface area contributed by atoms with E-state index in [2.05, 4.69) is 75.6 Å². The minimum absolute atomic E-state index is 0.717. The molecule has 0 saturated carbocycles. The monoisotopic (exact) mass is 358 g/mol.